The van der Waals surface area contributed by atoms with Gasteiger partial charge in [-0.05, 0) is 36.4 Å². The highest BCUT2D eigenvalue weighted by Crippen LogP contribution is 2.23. The van der Waals surface area contributed by atoms with E-state index in [1.165, 1.54) is 12.1 Å². The Labute approximate surface area is 135 Å². The highest BCUT2D eigenvalue weighted by molar-refractivity contribution is 7.91. The van der Waals surface area contributed by atoms with Crippen molar-refractivity contribution in [3.63, 3.8) is 0 Å². The van der Waals surface area contributed by atoms with Crippen LogP contribution in [-0.4, -0.2) is 20.1 Å². The predicted octanol–water partition coefficient (Wildman–Crippen LogP) is 2.55. The van der Waals surface area contributed by atoms with Crippen molar-refractivity contribution >= 4 is 28.2 Å². The molecule has 22 heavy (non-hydrogen) atoms. The average molecular weight is 342 g/mol. The van der Waals surface area contributed by atoms with E-state index in [-0.39, 0.29) is 29.5 Å². The summed E-state index contributed by atoms with van der Waals surface area (Å²) in [5.41, 5.74) is 4.96. The van der Waals surface area contributed by atoms with Crippen LogP contribution in [0.5, 0.6) is 11.5 Å². The maximum absolute atomic E-state index is 12.0. The molecule has 2 N–H and O–H groups in total. The number of nitrogens with two attached hydrogens (primary N) is 1. The van der Waals surface area contributed by atoms with Crippen molar-refractivity contribution in [2.24, 2.45) is 5.73 Å². The van der Waals surface area contributed by atoms with Crippen LogP contribution in [0.25, 0.3) is 0 Å². The highest BCUT2D eigenvalue weighted by atomic mass is 35.5. The van der Waals surface area contributed by atoms with Crippen LogP contribution >= 0.6 is 12.4 Å². The van der Waals surface area contributed by atoms with E-state index < -0.39 is 15.7 Å². The fraction of sp³-hybridized carbons (Fsp3) is 0.133. The maximum atomic E-state index is 12.0. The minimum atomic E-state index is -3.50. The van der Waals surface area contributed by atoms with Gasteiger partial charge in [-0.3, -0.25) is 4.79 Å². The third-order valence-electron chi connectivity index (χ3n) is 2.78. The Balaban J connectivity index is 0.00000242. The predicted molar refractivity (Wildman–Crippen MR) is 86.1 cm³/mol. The molecule has 0 aliphatic heterocycles. The largest absolute Gasteiger partial charge is 0.457 e. The Morgan fingerprint density at radius 2 is 1.50 bits per heavy atom. The molecule has 0 fully saturated rings. The first kappa shape index (κ1) is 18.0. The number of ether oxygens (including phenoxy) is 1. The third kappa shape index (κ3) is 5.05. The van der Waals surface area contributed by atoms with Crippen LogP contribution in [0.2, 0.25) is 0 Å². The fourth-order valence-electron chi connectivity index (χ4n) is 1.69. The quantitative estimate of drug-likeness (QED) is 0.874. The van der Waals surface area contributed by atoms with Crippen LogP contribution in [-0.2, 0) is 14.6 Å². The van der Waals surface area contributed by atoms with Gasteiger partial charge in [0.1, 0.15) is 11.5 Å². The van der Waals surface area contributed by atoms with Crippen molar-refractivity contribution in [1.29, 1.82) is 0 Å². The number of para-hydroxylation sites is 1. The summed E-state index contributed by atoms with van der Waals surface area (Å²) in [6.45, 7) is 0. The lowest BCUT2D eigenvalue weighted by Crippen LogP contribution is -2.17. The van der Waals surface area contributed by atoms with Crippen molar-refractivity contribution in [2.45, 2.75) is 11.3 Å². The van der Waals surface area contributed by atoms with Gasteiger partial charge in [0.25, 0.3) is 0 Å². The number of hydrogen-bond donors (Lipinski definition) is 1. The number of benzene rings is 2. The Morgan fingerprint density at radius 1 is 0.955 bits per heavy atom. The molecule has 0 aliphatic carbocycles. The first-order valence-corrected chi connectivity index (χ1v) is 7.97. The van der Waals surface area contributed by atoms with E-state index in [1.54, 1.807) is 24.3 Å². The van der Waals surface area contributed by atoms with Gasteiger partial charge in [0.2, 0.25) is 5.91 Å². The van der Waals surface area contributed by atoms with E-state index in [4.69, 9.17) is 10.5 Å². The van der Waals surface area contributed by atoms with Crippen molar-refractivity contribution in [3.05, 3.63) is 54.6 Å². The van der Waals surface area contributed by atoms with Crippen LogP contribution in [0.1, 0.15) is 6.42 Å². The minimum absolute atomic E-state index is 0. The fourth-order valence-corrected chi connectivity index (χ4v) is 2.95. The Hall–Kier alpha value is -2.05. The van der Waals surface area contributed by atoms with Gasteiger partial charge in [0.05, 0.1) is 10.6 Å². The van der Waals surface area contributed by atoms with Gasteiger partial charge in [0.15, 0.2) is 9.84 Å². The number of hydrogen-bond acceptors (Lipinski definition) is 4. The SMILES string of the molecule is Cl.NC(=O)CCS(=O)(=O)c1ccc(Oc2ccccc2)cc1. The van der Waals surface area contributed by atoms with E-state index in [9.17, 15) is 13.2 Å². The molecule has 0 unspecified atom stereocenters. The van der Waals surface area contributed by atoms with Crippen molar-refractivity contribution in [1.82, 2.24) is 0 Å². The number of rotatable bonds is 6. The number of carbonyl (C=O) groups is 1. The van der Waals surface area contributed by atoms with Crippen LogP contribution in [0, 0.1) is 0 Å². The number of halogens is 1. The van der Waals surface area contributed by atoms with Gasteiger partial charge in [-0.1, -0.05) is 18.2 Å². The van der Waals surface area contributed by atoms with Crippen LogP contribution in [0.4, 0.5) is 0 Å². The molecular formula is C15H16ClNO4S. The molecule has 0 bridgehead atoms. The summed E-state index contributed by atoms with van der Waals surface area (Å²) in [5, 5.41) is 0. The summed E-state index contributed by atoms with van der Waals surface area (Å²) in [6.07, 6.45) is -0.190. The topological polar surface area (TPSA) is 86.5 Å². The van der Waals surface area contributed by atoms with Crippen molar-refractivity contribution in [2.75, 3.05) is 5.75 Å². The van der Waals surface area contributed by atoms with Gasteiger partial charge in [0, 0.05) is 6.42 Å². The molecule has 7 heteroatoms. The molecule has 2 aromatic rings. The lowest BCUT2D eigenvalue weighted by atomic mass is 10.3. The standard InChI is InChI=1S/C15H15NO4S.ClH/c16-15(17)10-11-21(18,19)14-8-6-13(7-9-14)20-12-4-2-1-3-5-12;/h1-9H,10-11H2,(H2,16,17);1H. The normalized spacial score (nSPS) is 10.5. The van der Waals surface area contributed by atoms with E-state index in [0.717, 1.165) is 0 Å². The average Bonchev–Trinajstić information content (AvgIpc) is 2.47. The summed E-state index contributed by atoms with van der Waals surface area (Å²) >= 11 is 0. The molecule has 0 spiro atoms. The van der Waals surface area contributed by atoms with E-state index in [0.29, 0.717) is 11.5 Å². The summed E-state index contributed by atoms with van der Waals surface area (Å²) in [7, 11) is -3.50. The lowest BCUT2D eigenvalue weighted by molar-refractivity contribution is -0.117. The number of primary amides is 1. The van der Waals surface area contributed by atoms with Gasteiger partial charge in [-0.15, -0.1) is 12.4 Å². The van der Waals surface area contributed by atoms with E-state index in [2.05, 4.69) is 0 Å². The minimum Gasteiger partial charge on any atom is -0.457 e. The zero-order valence-electron chi connectivity index (χ0n) is 11.6. The molecule has 0 radical (unpaired) electrons. The highest BCUT2D eigenvalue weighted by Gasteiger charge is 2.15. The van der Waals surface area contributed by atoms with Crippen LogP contribution < -0.4 is 10.5 Å². The second-order valence-corrected chi connectivity index (χ2v) is 6.53. The summed E-state index contributed by atoms with van der Waals surface area (Å²) in [6, 6.07) is 15.2. The number of sulfone groups is 1. The molecule has 1 amide bonds. The molecule has 0 heterocycles. The van der Waals surface area contributed by atoms with Crippen LogP contribution in [0.15, 0.2) is 59.5 Å². The molecule has 0 aliphatic rings. The second kappa shape index (κ2) is 7.82. The van der Waals surface area contributed by atoms with Gasteiger partial charge in [-0.25, -0.2) is 8.42 Å². The van der Waals surface area contributed by atoms with Gasteiger partial charge < -0.3 is 10.5 Å². The maximum Gasteiger partial charge on any atom is 0.218 e. The monoisotopic (exact) mass is 341 g/mol. The van der Waals surface area contributed by atoms with Crippen molar-refractivity contribution in [3.8, 4) is 11.5 Å². The Morgan fingerprint density at radius 3 is 2.05 bits per heavy atom. The zero-order chi connectivity index (χ0) is 15.3. The summed E-state index contributed by atoms with van der Waals surface area (Å²) in [4.78, 5) is 10.8. The second-order valence-electron chi connectivity index (χ2n) is 4.42. The molecule has 2 rings (SSSR count). The van der Waals surface area contributed by atoms with Gasteiger partial charge >= 0.3 is 0 Å². The smallest absolute Gasteiger partial charge is 0.218 e. The molecule has 0 saturated carbocycles. The van der Waals surface area contributed by atoms with Gasteiger partial charge in [-0.2, -0.15) is 0 Å². The molecule has 0 saturated heterocycles. The van der Waals surface area contributed by atoms with Crippen LogP contribution in [0.3, 0.4) is 0 Å². The lowest BCUT2D eigenvalue weighted by Gasteiger charge is -2.07. The Bertz CT molecular complexity index is 715. The molecule has 118 valence electrons. The third-order valence-corrected chi connectivity index (χ3v) is 4.51. The summed E-state index contributed by atoms with van der Waals surface area (Å²) < 4.78 is 29.5. The molecular weight excluding hydrogens is 326 g/mol. The molecule has 5 nitrogen and oxygen atoms in total. The summed E-state index contributed by atoms with van der Waals surface area (Å²) in [5.74, 6) is 0.279. The Kier molecular flexibility index (Phi) is 6.39. The number of amides is 1. The first-order chi connectivity index (χ1) is 9.97. The number of carbonyl (C=O) groups excluding carboxylic acids is 1. The molecule has 2 aromatic carbocycles. The molecule has 0 atom stereocenters. The zero-order valence-corrected chi connectivity index (χ0v) is 13.3. The molecule has 0 aromatic heterocycles. The van der Waals surface area contributed by atoms with E-state index >= 15 is 0 Å². The van der Waals surface area contributed by atoms with E-state index in [1.807, 2.05) is 18.2 Å². The van der Waals surface area contributed by atoms with Crippen molar-refractivity contribution < 1.29 is 17.9 Å². The first-order valence-electron chi connectivity index (χ1n) is 6.31.